The zero-order chi connectivity index (χ0) is 13.8. The first-order chi connectivity index (χ1) is 9.08. The molecule has 1 aromatic carbocycles. The van der Waals surface area contributed by atoms with Crippen LogP contribution in [0.4, 0.5) is 5.69 Å². The first kappa shape index (κ1) is 14.1. The van der Waals surface area contributed by atoms with Gasteiger partial charge in [-0.2, -0.15) is 0 Å². The number of rotatable bonds is 3. The van der Waals surface area contributed by atoms with Crippen LogP contribution in [-0.2, 0) is 16.0 Å². The maximum absolute atomic E-state index is 12.2. The fraction of sp³-hybridized carbons (Fsp3) is 0.429. The number of fused-ring (bicyclic) bond motifs is 1. The number of hydrogen-bond donors (Lipinski definition) is 1. The van der Waals surface area contributed by atoms with Gasteiger partial charge in [-0.05, 0) is 36.6 Å². The third-order valence-electron chi connectivity index (χ3n) is 3.17. The van der Waals surface area contributed by atoms with Crippen LogP contribution in [0.1, 0.15) is 25.3 Å². The average molecular weight is 325 g/mol. The van der Waals surface area contributed by atoms with E-state index in [0.29, 0.717) is 13.0 Å². The highest BCUT2D eigenvalue weighted by Gasteiger charge is 2.22. The number of carbonyl (C=O) groups excluding carboxylic acids is 2. The summed E-state index contributed by atoms with van der Waals surface area (Å²) in [6.45, 7) is 2.61. The number of nitrogens with one attached hydrogen (secondary N) is 1. The Bertz CT molecular complexity index is 502. The molecule has 1 aromatic rings. The van der Waals surface area contributed by atoms with E-state index in [-0.39, 0.29) is 11.8 Å². The van der Waals surface area contributed by atoms with Crippen molar-refractivity contribution in [3.63, 3.8) is 0 Å². The molecule has 1 aliphatic rings. The molecule has 2 amide bonds. The maximum Gasteiger partial charge on any atom is 0.228 e. The van der Waals surface area contributed by atoms with Crippen LogP contribution in [0.5, 0.6) is 0 Å². The van der Waals surface area contributed by atoms with Gasteiger partial charge >= 0.3 is 0 Å². The molecular formula is C14H17BrN2O2. The number of aryl methyl sites for hydroxylation is 1. The SMILES string of the molecule is CC(=O)NCCC(=O)N1CCCc2cc(Br)ccc21. The standard InChI is InChI=1S/C14H17BrN2O2/c1-10(18)16-7-6-14(19)17-8-2-3-11-9-12(15)4-5-13(11)17/h4-5,9H,2-3,6-8H2,1H3,(H,16,18). The van der Waals surface area contributed by atoms with Crippen LogP contribution in [0.2, 0.25) is 0 Å². The molecule has 19 heavy (non-hydrogen) atoms. The van der Waals surface area contributed by atoms with E-state index < -0.39 is 0 Å². The molecule has 1 heterocycles. The van der Waals surface area contributed by atoms with Gasteiger partial charge in [0, 0.05) is 36.6 Å². The van der Waals surface area contributed by atoms with Crippen molar-refractivity contribution in [2.45, 2.75) is 26.2 Å². The monoisotopic (exact) mass is 324 g/mol. The first-order valence-corrected chi connectivity index (χ1v) is 7.20. The average Bonchev–Trinajstić information content (AvgIpc) is 2.37. The van der Waals surface area contributed by atoms with Crippen molar-refractivity contribution in [3.05, 3.63) is 28.2 Å². The predicted octanol–water partition coefficient (Wildman–Crippen LogP) is 2.25. The van der Waals surface area contributed by atoms with E-state index in [1.54, 1.807) is 0 Å². The number of hydrogen-bond acceptors (Lipinski definition) is 2. The molecule has 102 valence electrons. The van der Waals surface area contributed by atoms with Gasteiger partial charge < -0.3 is 10.2 Å². The lowest BCUT2D eigenvalue weighted by Gasteiger charge is -2.29. The number of halogens is 1. The molecule has 0 aromatic heterocycles. The Hall–Kier alpha value is -1.36. The van der Waals surface area contributed by atoms with Crippen LogP contribution < -0.4 is 10.2 Å². The van der Waals surface area contributed by atoms with Crippen LogP contribution in [0.15, 0.2) is 22.7 Å². The molecule has 0 aliphatic carbocycles. The summed E-state index contributed by atoms with van der Waals surface area (Å²) >= 11 is 3.45. The number of nitrogens with zero attached hydrogens (tertiary/aromatic N) is 1. The minimum absolute atomic E-state index is 0.0667. The fourth-order valence-electron chi connectivity index (χ4n) is 2.31. The second-order valence-corrected chi connectivity index (χ2v) is 5.57. The number of amides is 2. The lowest BCUT2D eigenvalue weighted by atomic mass is 10.0. The van der Waals surface area contributed by atoms with Crippen molar-refractivity contribution < 1.29 is 9.59 Å². The Morgan fingerprint density at radius 3 is 2.95 bits per heavy atom. The Labute approximate surface area is 121 Å². The van der Waals surface area contributed by atoms with E-state index in [1.165, 1.54) is 12.5 Å². The van der Waals surface area contributed by atoms with Crippen molar-refractivity contribution in [2.75, 3.05) is 18.0 Å². The minimum atomic E-state index is -0.101. The van der Waals surface area contributed by atoms with Gasteiger partial charge in [0.2, 0.25) is 11.8 Å². The zero-order valence-electron chi connectivity index (χ0n) is 10.9. The predicted molar refractivity (Wildman–Crippen MR) is 78.1 cm³/mol. The Kier molecular flexibility index (Phi) is 4.58. The Morgan fingerprint density at radius 2 is 2.21 bits per heavy atom. The van der Waals surface area contributed by atoms with Gasteiger partial charge in [-0.3, -0.25) is 9.59 Å². The highest BCUT2D eigenvalue weighted by atomic mass is 79.9. The normalized spacial score (nSPS) is 13.9. The van der Waals surface area contributed by atoms with Crippen LogP contribution in [0.25, 0.3) is 0 Å². The Morgan fingerprint density at radius 1 is 1.42 bits per heavy atom. The third kappa shape index (κ3) is 3.56. The topological polar surface area (TPSA) is 49.4 Å². The number of carbonyl (C=O) groups is 2. The molecule has 0 spiro atoms. The second-order valence-electron chi connectivity index (χ2n) is 4.65. The summed E-state index contributed by atoms with van der Waals surface area (Å²) in [5.41, 5.74) is 2.20. The van der Waals surface area contributed by atoms with E-state index in [2.05, 4.69) is 27.3 Å². The smallest absolute Gasteiger partial charge is 0.228 e. The summed E-state index contributed by atoms with van der Waals surface area (Å²) in [5, 5.41) is 2.65. The molecule has 0 atom stereocenters. The summed E-state index contributed by atoms with van der Waals surface area (Å²) < 4.78 is 1.04. The lowest BCUT2D eigenvalue weighted by Crippen LogP contribution is -2.37. The summed E-state index contributed by atoms with van der Waals surface area (Å²) in [6, 6.07) is 6.01. The molecule has 1 aliphatic heterocycles. The van der Waals surface area contributed by atoms with Crippen molar-refractivity contribution in [1.29, 1.82) is 0 Å². The van der Waals surface area contributed by atoms with Gasteiger partial charge in [-0.15, -0.1) is 0 Å². The minimum Gasteiger partial charge on any atom is -0.356 e. The van der Waals surface area contributed by atoms with Crippen molar-refractivity contribution in [3.8, 4) is 0 Å². The molecule has 5 heteroatoms. The maximum atomic E-state index is 12.2. The molecule has 0 unspecified atom stereocenters. The third-order valence-corrected chi connectivity index (χ3v) is 3.67. The fourth-order valence-corrected chi connectivity index (χ4v) is 2.71. The molecule has 2 rings (SSSR count). The van der Waals surface area contributed by atoms with E-state index in [0.717, 1.165) is 29.5 Å². The van der Waals surface area contributed by atoms with Gasteiger partial charge in [-0.25, -0.2) is 0 Å². The van der Waals surface area contributed by atoms with E-state index in [1.807, 2.05) is 17.0 Å². The summed E-state index contributed by atoms with van der Waals surface area (Å²) in [7, 11) is 0. The van der Waals surface area contributed by atoms with E-state index in [4.69, 9.17) is 0 Å². The molecule has 4 nitrogen and oxygen atoms in total. The molecule has 0 bridgehead atoms. The van der Waals surface area contributed by atoms with Gasteiger partial charge in [0.25, 0.3) is 0 Å². The Balaban J connectivity index is 2.06. The van der Waals surface area contributed by atoms with Crippen molar-refractivity contribution >= 4 is 33.4 Å². The lowest BCUT2D eigenvalue weighted by molar-refractivity contribution is -0.120. The highest BCUT2D eigenvalue weighted by Crippen LogP contribution is 2.30. The van der Waals surface area contributed by atoms with Crippen molar-refractivity contribution in [2.24, 2.45) is 0 Å². The molecule has 0 saturated heterocycles. The summed E-state index contributed by atoms with van der Waals surface area (Å²) in [5.74, 6) is -0.0344. The van der Waals surface area contributed by atoms with Crippen LogP contribution in [-0.4, -0.2) is 24.9 Å². The molecule has 0 saturated carbocycles. The largest absolute Gasteiger partial charge is 0.356 e. The first-order valence-electron chi connectivity index (χ1n) is 6.41. The molecule has 0 fully saturated rings. The van der Waals surface area contributed by atoms with Crippen LogP contribution >= 0.6 is 15.9 Å². The van der Waals surface area contributed by atoms with Crippen LogP contribution in [0, 0.1) is 0 Å². The van der Waals surface area contributed by atoms with Gasteiger partial charge in [0.15, 0.2) is 0 Å². The second kappa shape index (κ2) is 6.19. The van der Waals surface area contributed by atoms with Gasteiger partial charge in [-0.1, -0.05) is 15.9 Å². The summed E-state index contributed by atoms with van der Waals surface area (Å²) in [4.78, 5) is 24.8. The summed E-state index contributed by atoms with van der Waals surface area (Å²) in [6.07, 6.45) is 2.33. The highest BCUT2D eigenvalue weighted by molar-refractivity contribution is 9.10. The molecule has 1 N–H and O–H groups in total. The van der Waals surface area contributed by atoms with Gasteiger partial charge in [0.05, 0.1) is 0 Å². The zero-order valence-corrected chi connectivity index (χ0v) is 12.5. The van der Waals surface area contributed by atoms with Crippen molar-refractivity contribution in [1.82, 2.24) is 5.32 Å². The molecule has 0 radical (unpaired) electrons. The number of benzene rings is 1. The van der Waals surface area contributed by atoms with Crippen LogP contribution in [0.3, 0.4) is 0 Å². The number of anilines is 1. The van der Waals surface area contributed by atoms with E-state index in [9.17, 15) is 9.59 Å². The van der Waals surface area contributed by atoms with E-state index >= 15 is 0 Å². The molecular weight excluding hydrogens is 308 g/mol. The van der Waals surface area contributed by atoms with Gasteiger partial charge in [0.1, 0.15) is 0 Å². The quantitative estimate of drug-likeness (QED) is 0.927.